The Balaban J connectivity index is 1.99. The fourth-order valence-electron chi connectivity index (χ4n) is 1.83. The maximum Gasteiger partial charge on any atom is 0.157 e. The maximum absolute atomic E-state index is 4.60. The zero-order chi connectivity index (χ0) is 11.5. The first kappa shape index (κ1) is 11.5. The highest BCUT2D eigenvalue weighted by Crippen LogP contribution is 2.22. The quantitative estimate of drug-likeness (QED) is 0.854. The second kappa shape index (κ2) is 4.91. The number of amidine groups is 1. The van der Waals surface area contributed by atoms with Gasteiger partial charge in [-0.1, -0.05) is 18.7 Å². The second-order valence-electron chi connectivity index (χ2n) is 4.28. The van der Waals surface area contributed by atoms with E-state index in [4.69, 9.17) is 0 Å². The lowest BCUT2D eigenvalue weighted by atomic mass is 10.2. The van der Waals surface area contributed by atoms with E-state index in [-0.39, 0.29) is 0 Å². The SMILES string of the molecule is CC1CC(C)SC(=NCc2ccnn2C)N1. The van der Waals surface area contributed by atoms with Crippen molar-refractivity contribution in [3.63, 3.8) is 0 Å². The van der Waals surface area contributed by atoms with Crippen LogP contribution in [0.4, 0.5) is 0 Å². The predicted octanol–water partition coefficient (Wildman–Crippen LogP) is 1.78. The highest BCUT2D eigenvalue weighted by atomic mass is 32.2. The van der Waals surface area contributed by atoms with Crippen LogP contribution in [0.1, 0.15) is 26.0 Å². The van der Waals surface area contributed by atoms with Gasteiger partial charge in [-0.3, -0.25) is 9.67 Å². The van der Waals surface area contributed by atoms with E-state index in [2.05, 4.69) is 29.3 Å². The minimum atomic E-state index is 0.529. The summed E-state index contributed by atoms with van der Waals surface area (Å²) in [5.41, 5.74) is 1.14. The summed E-state index contributed by atoms with van der Waals surface area (Å²) in [6, 6.07) is 2.53. The third-order valence-electron chi connectivity index (χ3n) is 2.68. The normalized spacial score (nSPS) is 28.1. The van der Waals surface area contributed by atoms with Crippen LogP contribution >= 0.6 is 11.8 Å². The molecule has 1 N–H and O–H groups in total. The molecule has 0 amide bonds. The molecule has 2 unspecified atom stereocenters. The first-order chi connectivity index (χ1) is 7.65. The van der Waals surface area contributed by atoms with E-state index in [1.165, 1.54) is 6.42 Å². The number of hydrogen-bond donors (Lipinski definition) is 1. The number of aliphatic imine (C=N–C) groups is 1. The Morgan fingerprint density at radius 1 is 1.62 bits per heavy atom. The van der Waals surface area contributed by atoms with Crippen LogP contribution in [-0.4, -0.2) is 26.2 Å². The van der Waals surface area contributed by atoms with Gasteiger partial charge in [0.05, 0.1) is 12.2 Å². The first-order valence-electron chi connectivity index (χ1n) is 5.59. The Kier molecular flexibility index (Phi) is 3.53. The van der Waals surface area contributed by atoms with Crippen LogP contribution in [0.2, 0.25) is 0 Å². The van der Waals surface area contributed by atoms with Gasteiger partial charge in [-0.25, -0.2) is 0 Å². The summed E-state index contributed by atoms with van der Waals surface area (Å²) in [5, 5.41) is 9.26. The van der Waals surface area contributed by atoms with Crippen LogP contribution in [-0.2, 0) is 13.6 Å². The van der Waals surface area contributed by atoms with E-state index in [1.54, 1.807) is 0 Å². The lowest BCUT2D eigenvalue weighted by Gasteiger charge is -2.26. The van der Waals surface area contributed by atoms with Crippen LogP contribution in [0.25, 0.3) is 0 Å². The van der Waals surface area contributed by atoms with Crippen molar-refractivity contribution in [1.29, 1.82) is 0 Å². The Labute approximate surface area is 101 Å². The summed E-state index contributed by atoms with van der Waals surface area (Å²) in [6.45, 7) is 5.16. The lowest BCUT2D eigenvalue weighted by Crippen LogP contribution is -2.38. The molecule has 0 bridgehead atoms. The van der Waals surface area contributed by atoms with E-state index >= 15 is 0 Å². The van der Waals surface area contributed by atoms with Gasteiger partial charge >= 0.3 is 0 Å². The summed E-state index contributed by atoms with van der Waals surface area (Å²) in [4.78, 5) is 4.60. The summed E-state index contributed by atoms with van der Waals surface area (Å²) < 4.78 is 1.87. The molecule has 2 atom stereocenters. The minimum Gasteiger partial charge on any atom is -0.362 e. The molecular formula is C11H18N4S. The highest BCUT2D eigenvalue weighted by Gasteiger charge is 2.19. The van der Waals surface area contributed by atoms with Gasteiger partial charge in [0.15, 0.2) is 5.17 Å². The number of aromatic nitrogens is 2. The average Bonchev–Trinajstić information content (AvgIpc) is 2.59. The van der Waals surface area contributed by atoms with E-state index in [1.807, 2.05) is 35.8 Å². The predicted molar refractivity (Wildman–Crippen MR) is 68.6 cm³/mol. The largest absolute Gasteiger partial charge is 0.362 e. The standard InChI is InChI=1S/C11H18N4S/c1-8-6-9(2)16-11(14-8)12-7-10-4-5-13-15(10)3/h4-5,8-9H,6-7H2,1-3H3,(H,12,14). The molecule has 4 nitrogen and oxygen atoms in total. The minimum absolute atomic E-state index is 0.529. The number of thioether (sulfide) groups is 1. The van der Waals surface area contributed by atoms with Gasteiger partial charge in [0.2, 0.25) is 0 Å². The smallest absolute Gasteiger partial charge is 0.157 e. The van der Waals surface area contributed by atoms with Crippen molar-refractivity contribution >= 4 is 16.9 Å². The van der Waals surface area contributed by atoms with Gasteiger partial charge in [-0.2, -0.15) is 5.10 Å². The van der Waals surface area contributed by atoms with Crippen LogP contribution in [0.15, 0.2) is 17.3 Å². The summed E-state index contributed by atoms with van der Waals surface area (Å²) in [5.74, 6) is 0. The molecule has 1 saturated heterocycles. The third-order valence-corrected chi connectivity index (χ3v) is 3.74. The van der Waals surface area contributed by atoms with Gasteiger partial charge in [-0.15, -0.1) is 0 Å². The molecule has 1 fully saturated rings. The molecule has 16 heavy (non-hydrogen) atoms. The van der Waals surface area contributed by atoms with E-state index in [0.29, 0.717) is 17.8 Å². The molecule has 0 radical (unpaired) electrons. The topological polar surface area (TPSA) is 42.2 Å². The van der Waals surface area contributed by atoms with Crippen molar-refractivity contribution in [3.05, 3.63) is 18.0 Å². The maximum atomic E-state index is 4.60. The van der Waals surface area contributed by atoms with Gasteiger partial charge in [0.1, 0.15) is 0 Å². The van der Waals surface area contributed by atoms with Crippen LogP contribution < -0.4 is 5.32 Å². The summed E-state index contributed by atoms with van der Waals surface area (Å²) in [6.07, 6.45) is 3.01. The molecule has 0 saturated carbocycles. The van der Waals surface area contributed by atoms with Crippen molar-refractivity contribution in [2.45, 2.75) is 38.1 Å². The molecule has 0 spiro atoms. The zero-order valence-corrected chi connectivity index (χ0v) is 10.8. The van der Waals surface area contributed by atoms with Crippen molar-refractivity contribution in [3.8, 4) is 0 Å². The van der Waals surface area contributed by atoms with Crippen LogP contribution in [0, 0.1) is 0 Å². The Bertz CT molecular complexity index is 373. The number of nitrogens with one attached hydrogen (secondary N) is 1. The number of aryl methyl sites for hydroxylation is 1. The van der Waals surface area contributed by atoms with Crippen molar-refractivity contribution in [2.24, 2.45) is 12.0 Å². The van der Waals surface area contributed by atoms with Gasteiger partial charge in [-0.05, 0) is 19.4 Å². The second-order valence-corrected chi connectivity index (χ2v) is 5.70. The summed E-state index contributed by atoms with van der Waals surface area (Å²) >= 11 is 1.83. The van der Waals surface area contributed by atoms with Gasteiger partial charge in [0.25, 0.3) is 0 Å². The Morgan fingerprint density at radius 3 is 3.06 bits per heavy atom. The fourth-order valence-corrected chi connectivity index (χ4v) is 3.01. The molecule has 1 aromatic heterocycles. The molecule has 2 rings (SSSR count). The van der Waals surface area contributed by atoms with Gasteiger partial charge in [0, 0.05) is 24.5 Å². The van der Waals surface area contributed by atoms with Crippen molar-refractivity contribution in [2.75, 3.05) is 0 Å². The molecule has 1 aliphatic rings. The van der Waals surface area contributed by atoms with Crippen LogP contribution in [0.3, 0.4) is 0 Å². The lowest BCUT2D eigenvalue weighted by molar-refractivity contribution is 0.597. The number of hydrogen-bond acceptors (Lipinski definition) is 3. The number of rotatable bonds is 2. The third kappa shape index (κ3) is 2.78. The van der Waals surface area contributed by atoms with E-state index < -0.39 is 0 Å². The Hall–Kier alpha value is -0.970. The molecule has 1 aliphatic heterocycles. The molecule has 5 heteroatoms. The monoisotopic (exact) mass is 238 g/mol. The first-order valence-corrected chi connectivity index (χ1v) is 6.47. The van der Waals surface area contributed by atoms with E-state index in [9.17, 15) is 0 Å². The molecule has 1 aromatic rings. The number of nitrogens with zero attached hydrogens (tertiary/aromatic N) is 3. The zero-order valence-electron chi connectivity index (χ0n) is 9.97. The molecule has 0 aliphatic carbocycles. The molecule has 88 valence electrons. The molecular weight excluding hydrogens is 220 g/mol. The van der Waals surface area contributed by atoms with Crippen molar-refractivity contribution in [1.82, 2.24) is 15.1 Å². The average molecular weight is 238 g/mol. The molecule has 0 aromatic carbocycles. The highest BCUT2D eigenvalue weighted by molar-refractivity contribution is 8.14. The molecule has 2 heterocycles. The van der Waals surface area contributed by atoms with E-state index in [0.717, 1.165) is 10.9 Å². The van der Waals surface area contributed by atoms with Gasteiger partial charge < -0.3 is 5.32 Å². The summed E-state index contributed by atoms with van der Waals surface area (Å²) in [7, 11) is 1.95. The van der Waals surface area contributed by atoms with Crippen molar-refractivity contribution < 1.29 is 0 Å². The Morgan fingerprint density at radius 2 is 2.44 bits per heavy atom. The fraction of sp³-hybridized carbons (Fsp3) is 0.636. The van der Waals surface area contributed by atoms with Crippen LogP contribution in [0.5, 0.6) is 0 Å².